The number of carbonyl (C=O) groups is 2. The van der Waals surface area contributed by atoms with Crippen LogP contribution in [0.15, 0.2) is 18.2 Å². The Kier molecular flexibility index (Phi) is 4.85. The molecule has 2 N–H and O–H groups in total. The zero-order valence-corrected chi connectivity index (χ0v) is 10.5. The third-order valence-electron chi connectivity index (χ3n) is 2.57. The van der Waals surface area contributed by atoms with E-state index in [1.807, 2.05) is 6.92 Å². The minimum absolute atomic E-state index is 0.00907. The van der Waals surface area contributed by atoms with Gasteiger partial charge in [-0.15, -0.1) is 0 Å². The second-order valence-corrected chi connectivity index (χ2v) is 4.11. The van der Waals surface area contributed by atoms with Crippen LogP contribution in [0.5, 0.6) is 0 Å². The van der Waals surface area contributed by atoms with Crippen LogP contribution in [-0.4, -0.2) is 40.6 Å². The van der Waals surface area contributed by atoms with Gasteiger partial charge in [0.25, 0.3) is 5.91 Å². The van der Waals surface area contributed by atoms with Crippen LogP contribution in [0.2, 0.25) is 0 Å². The van der Waals surface area contributed by atoms with Gasteiger partial charge >= 0.3 is 5.97 Å². The number of rotatable bonds is 5. The van der Waals surface area contributed by atoms with Crippen LogP contribution >= 0.6 is 0 Å². The zero-order valence-electron chi connectivity index (χ0n) is 10.5. The number of aromatic carboxylic acids is 1. The Balaban J connectivity index is 3.11. The summed E-state index contributed by atoms with van der Waals surface area (Å²) in [5.41, 5.74) is 0.716. The number of nitrogens with zero attached hydrogens (tertiary/aromatic N) is 1. The first-order valence-corrected chi connectivity index (χ1v) is 5.73. The number of amides is 1. The number of carboxylic acid groups (broad SMARTS) is 1. The van der Waals surface area contributed by atoms with Crippen molar-refractivity contribution in [3.8, 4) is 0 Å². The summed E-state index contributed by atoms with van der Waals surface area (Å²) in [6.45, 7) is 2.26. The number of aliphatic hydroxyl groups excluding tert-OH is 1. The fourth-order valence-electron chi connectivity index (χ4n) is 1.69. The van der Waals surface area contributed by atoms with Gasteiger partial charge in [-0.05, 0) is 30.2 Å². The Hall–Kier alpha value is -1.88. The van der Waals surface area contributed by atoms with E-state index in [0.717, 1.165) is 6.42 Å². The van der Waals surface area contributed by atoms with Crippen molar-refractivity contribution in [1.82, 2.24) is 4.90 Å². The van der Waals surface area contributed by atoms with E-state index < -0.39 is 5.97 Å². The molecule has 18 heavy (non-hydrogen) atoms. The van der Waals surface area contributed by atoms with E-state index in [1.165, 1.54) is 23.1 Å². The van der Waals surface area contributed by atoms with Gasteiger partial charge in [0.1, 0.15) is 0 Å². The summed E-state index contributed by atoms with van der Waals surface area (Å²) in [7, 11) is 1.66. The first kappa shape index (κ1) is 14.2. The molecule has 0 aliphatic heterocycles. The van der Waals surface area contributed by atoms with E-state index in [4.69, 9.17) is 10.2 Å². The fraction of sp³-hybridized carbons (Fsp3) is 0.385. The highest BCUT2D eigenvalue weighted by Gasteiger charge is 2.15. The van der Waals surface area contributed by atoms with Crippen molar-refractivity contribution >= 4 is 11.9 Å². The van der Waals surface area contributed by atoms with Crippen molar-refractivity contribution < 1.29 is 19.8 Å². The molecule has 0 heterocycles. The molecule has 0 aliphatic rings. The number of benzene rings is 1. The second kappa shape index (κ2) is 6.16. The Morgan fingerprint density at radius 2 is 1.83 bits per heavy atom. The molecular formula is C13H17NO4. The van der Waals surface area contributed by atoms with E-state index in [9.17, 15) is 9.59 Å². The molecule has 1 aromatic rings. The monoisotopic (exact) mass is 251 g/mol. The van der Waals surface area contributed by atoms with Gasteiger partial charge in [0.05, 0.1) is 12.2 Å². The van der Waals surface area contributed by atoms with E-state index in [-0.39, 0.29) is 23.6 Å². The molecule has 0 bridgehead atoms. The molecule has 1 aromatic carbocycles. The lowest BCUT2D eigenvalue weighted by molar-refractivity contribution is 0.0696. The quantitative estimate of drug-likeness (QED) is 0.828. The van der Waals surface area contributed by atoms with Crippen molar-refractivity contribution in [3.05, 3.63) is 34.9 Å². The lowest BCUT2D eigenvalue weighted by Gasteiger charge is -2.16. The second-order valence-electron chi connectivity index (χ2n) is 4.11. The van der Waals surface area contributed by atoms with Gasteiger partial charge in [-0.1, -0.05) is 6.92 Å². The summed E-state index contributed by atoms with van der Waals surface area (Å²) in [6, 6.07) is 4.20. The molecule has 0 unspecified atom stereocenters. The van der Waals surface area contributed by atoms with Crippen molar-refractivity contribution in [2.45, 2.75) is 20.0 Å². The molecule has 0 radical (unpaired) electrons. The summed E-state index contributed by atoms with van der Waals surface area (Å²) in [5.74, 6) is -1.35. The van der Waals surface area contributed by atoms with E-state index in [0.29, 0.717) is 12.1 Å². The van der Waals surface area contributed by atoms with Gasteiger partial charge in [-0.2, -0.15) is 0 Å². The smallest absolute Gasteiger partial charge is 0.335 e. The molecule has 0 aromatic heterocycles. The van der Waals surface area contributed by atoms with Gasteiger partial charge in [-0.25, -0.2) is 4.79 Å². The molecule has 1 rings (SSSR count). The van der Waals surface area contributed by atoms with Crippen LogP contribution in [0, 0.1) is 0 Å². The number of carboxylic acids is 1. The maximum Gasteiger partial charge on any atom is 0.335 e. The maximum absolute atomic E-state index is 12.0. The summed E-state index contributed by atoms with van der Waals surface area (Å²) < 4.78 is 0. The molecule has 5 nitrogen and oxygen atoms in total. The standard InChI is InChI=1S/C13H17NO4/c1-3-4-14(2)12(16)10-5-9(8-15)6-11(7-10)13(17)18/h5-7,15H,3-4,8H2,1-2H3,(H,17,18). The lowest BCUT2D eigenvalue weighted by Crippen LogP contribution is -2.27. The first-order valence-electron chi connectivity index (χ1n) is 5.73. The highest BCUT2D eigenvalue weighted by atomic mass is 16.4. The Morgan fingerprint density at radius 1 is 1.22 bits per heavy atom. The molecule has 5 heteroatoms. The summed E-state index contributed by atoms with van der Waals surface area (Å²) in [4.78, 5) is 24.5. The van der Waals surface area contributed by atoms with Gasteiger partial charge in [0.2, 0.25) is 0 Å². The molecule has 0 atom stereocenters. The zero-order chi connectivity index (χ0) is 13.7. The number of aliphatic hydroxyl groups is 1. The molecule has 0 saturated heterocycles. The van der Waals surface area contributed by atoms with Gasteiger partial charge in [0.15, 0.2) is 0 Å². The number of hydrogen-bond acceptors (Lipinski definition) is 3. The molecule has 0 saturated carbocycles. The van der Waals surface area contributed by atoms with Crippen LogP contribution < -0.4 is 0 Å². The van der Waals surface area contributed by atoms with E-state index >= 15 is 0 Å². The maximum atomic E-state index is 12.0. The highest BCUT2D eigenvalue weighted by molar-refractivity contribution is 5.97. The minimum atomic E-state index is -1.11. The van der Waals surface area contributed by atoms with E-state index in [1.54, 1.807) is 7.05 Å². The van der Waals surface area contributed by atoms with Crippen LogP contribution in [0.4, 0.5) is 0 Å². The number of hydrogen-bond donors (Lipinski definition) is 2. The van der Waals surface area contributed by atoms with Gasteiger partial charge in [-0.3, -0.25) is 4.79 Å². The van der Waals surface area contributed by atoms with Crippen molar-refractivity contribution in [2.75, 3.05) is 13.6 Å². The average Bonchev–Trinajstić information content (AvgIpc) is 2.37. The summed E-state index contributed by atoms with van der Waals surface area (Å²) in [6.07, 6.45) is 0.827. The summed E-state index contributed by atoms with van der Waals surface area (Å²) in [5, 5.41) is 18.0. The molecule has 98 valence electrons. The summed E-state index contributed by atoms with van der Waals surface area (Å²) >= 11 is 0. The molecule has 0 aliphatic carbocycles. The fourth-order valence-corrected chi connectivity index (χ4v) is 1.69. The van der Waals surface area contributed by atoms with Crippen molar-refractivity contribution in [3.63, 3.8) is 0 Å². The van der Waals surface area contributed by atoms with Crippen LogP contribution in [0.3, 0.4) is 0 Å². The third-order valence-corrected chi connectivity index (χ3v) is 2.57. The van der Waals surface area contributed by atoms with Crippen LogP contribution in [-0.2, 0) is 6.61 Å². The number of carbonyl (C=O) groups excluding carboxylic acids is 1. The van der Waals surface area contributed by atoms with Gasteiger partial charge < -0.3 is 15.1 Å². The lowest BCUT2D eigenvalue weighted by atomic mass is 10.0. The van der Waals surface area contributed by atoms with Crippen molar-refractivity contribution in [1.29, 1.82) is 0 Å². The van der Waals surface area contributed by atoms with Gasteiger partial charge in [0, 0.05) is 19.2 Å². The van der Waals surface area contributed by atoms with E-state index in [2.05, 4.69) is 0 Å². The Bertz CT molecular complexity index is 456. The third kappa shape index (κ3) is 3.30. The topological polar surface area (TPSA) is 77.8 Å². The Labute approximate surface area is 106 Å². The molecule has 0 spiro atoms. The highest BCUT2D eigenvalue weighted by Crippen LogP contribution is 2.13. The predicted octanol–water partition coefficient (Wildman–Crippen LogP) is 1.36. The normalized spacial score (nSPS) is 10.2. The largest absolute Gasteiger partial charge is 0.478 e. The average molecular weight is 251 g/mol. The SMILES string of the molecule is CCCN(C)C(=O)c1cc(CO)cc(C(=O)O)c1. The molecule has 1 amide bonds. The van der Waals surface area contributed by atoms with Crippen molar-refractivity contribution in [2.24, 2.45) is 0 Å². The molecule has 0 fully saturated rings. The first-order chi connectivity index (χ1) is 8.49. The predicted molar refractivity (Wildman–Crippen MR) is 66.6 cm³/mol. The van der Waals surface area contributed by atoms with Crippen LogP contribution in [0.25, 0.3) is 0 Å². The molecular weight excluding hydrogens is 234 g/mol. The Morgan fingerprint density at radius 3 is 2.33 bits per heavy atom. The van der Waals surface area contributed by atoms with Crippen LogP contribution in [0.1, 0.15) is 39.6 Å². The minimum Gasteiger partial charge on any atom is -0.478 e.